The van der Waals surface area contributed by atoms with Gasteiger partial charge in [0.05, 0.1) is 4.92 Å². The lowest BCUT2D eigenvalue weighted by Crippen LogP contribution is -2.14. The molecule has 2 rings (SSSR count). The summed E-state index contributed by atoms with van der Waals surface area (Å²) in [7, 11) is -3.81. The summed E-state index contributed by atoms with van der Waals surface area (Å²) in [5.74, 6) is -0.936. The van der Waals surface area contributed by atoms with E-state index in [1.54, 1.807) is 18.2 Å². The number of carbonyl (C=O) groups is 2. The number of nitrogens with zero attached hydrogens (tertiary/aromatic N) is 1. The van der Waals surface area contributed by atoms with Crippen LogP contribution in [0.4, 0.5) is 17.1 Å². The van der Waals surface area contributed by atoms with Gasteiger partial charge in [0.1, 0.15) is 4.90 Å². The molecule has 2 aromatic rings. The number of anilines is 2. The Hall–Kier alpha value is -3.27. The smallest absolute Gasteiger partial charge is 0.288 e. The Kier molecular flexibility index (Phi) is 5.36. The summed E-state index contributed by atoms with van der Waals surface area (Å²) in [6, 6.07) is 9.44. The highest BCUT2D eigenvalue weighted by atomic mass is 32.2. The fraction of sp³-hybridized carbons (Fsp3) is 0.125. The van der Waals surface area contributed by atoms with Crippen molar-refractivity contribution in [1.29, 1.82) is 0 Å². The van der Waals surface area contributed by atoms with Crippen molar-refractivity contribution in [3.63, 3.8) is 0 Å². The molecule has 0 aliphatic carbocycles. The maximum absolute atomic E-state index is 12.3. The highest BCUT2D eigenvalue weighted by Gasteiger charge is 2.24. The van der Waals surface area contributed by atoms with E-state index in [0.717, 1.165) is 18.4 Å². The molecule has 136 valence electrons. The number of rotatable bonds is 5. The third-order valence-electron chi connectivity index (χ3n) is 3.26. The molecule has 2 aromatic carbocycles. The van der Waals surface area contributed by atoms with Gasteiger partial charge in [-0.1, -0.05) is 6.07 Å². The maximum atomic E-state index is 12.3. The zero-order valence-electron chi connectivity index (χ0n) is 13.8. The number of nitro groups is 1. The van der Waals surface area contributed by atoms with Gasteiger partial charge >= 0.3 is 0 Å². The molecule has 0 fully saturated rings. The number of sulfone groups is 1. The molecule has 0 aromatic heterocycles. The first-order valence-corrected chi connectivity index (χ1v) is 9.14. The molecule has 0 saturated carbocycles. The first-order valence-electron chi connectivity index (χ1n) is 7.25. The number of amides is 2. The van der Waals surface area contributed by atoms with Gasteiger partial charge in [-0.2, -0.15) is 0 Å². The van der Waals surface area contributed by atoms with Crippen LogP contribution in [-0.4, -0.2) is 31.4 Å². The van der Waals surface area contributed by atoms with Crippen LogP contribution in [0.15, 0.2) is 47.4 Å². The standard InChI is InChI=1S/C16H15N3O6S/c1-10(20)17-12-4-3-5-13(9-12)18-16(21)11-6-7-15(26(2,24)25)14(8-11)19(22)23/h3-9H,1-2H3,(H,17,20)(H,18,21). The summed E-state index contributed by atoms with van der Waals surface area (Å²) in [6.45, 7) is 1.34. The van der Waals surface area contributed by atoms with Crippen LogP contribution < -0.4 is 10.6 Å². The van der Waals surface area contributed by atoms with E-state index in [-0.39, 0.29) is 11.5 Å². The maximum Gasteiger partial charge on any atom is 0.288 e. The van der Waals surface area contributed by atoms with Crippen LogP contribution in [0.5, 0.6) is 0 Å². The van der Waals surface area contributed by atoms with Crippen LogP contribution in [0.3, 0.4) is 0 Å². The van der Waals surface area contributed by atoms with Crippen LogP contribution in [0.1, 0.15) is 17.3 Å². The minimum atomic E-state index is -3.81. The Labute approximate surface area is 149 Å². The summed E-state index contributed by atoms with van der Waals surface area (Å²) in [5.41, 5.74) is 0.0750. The van der Waals surface area contributed by atoms with E-state index < -0.39 is 31.3 Å². The van der Waals surface area contributed by atoms with Crippen LogP contribution in [0.2, 0.25) is 0 Å². The fourth-order valence-corrected chi connectivity index (χ4v) is 3.02. The van der Waals surface area contributed by atoms with E-state index in [4.69, 9.17) is 0 Å². The molecule has 0 unspecified atom stereocenters. The number of benzene rings is 2. The Bertz CT molecular complexity index is 1000. The van der Waals surface area contributed by atoms with Crippen LogP contribution in [0.25, 0.3) is 0 Å². The molecule has 0 radical (unpaired) electrons. The SMILES string of the molecule is CC(=O)Nc1cccc(NC(=O)c2ccc(S(C)(=O)=O)c([N+](=O)[O-])c2)c1. The molecule has 0 aliphatic rings. The number of nitrogens with one attached hydrogen (secondary N) is 2. The number of hydrogen-bond acceptors (Lipinski definition) is 6. The predicted molar refractivity (Wildman–Crippen MR) is 94.9 cm³/mol. The summed E-state index contributed by atoms with van der Waals surface area (Å²) >= 11 is 0. The van der Waals surface area contributed by atoms with Crippen molar-refractivity contribution in [1.82, 2.24) is 0 Å². The molecule has 0 bridgehead atoms. The first-order chi connectivity index (χ1) is 12.1. The Morgan fingerprint density at radius 2 is 1.65 bits per heavy atom. The monoisotopic (exact) mass is 377 g/mol. The summed E-state index contributed by atoms with van der Waals surface area (Å²) in [5, 5.41) is 16.2. The topological polar surface area (TPSA) is 135 Å². The molecule has 9 nitrogen and oxygen atoms in total. The second-order valence-corrected chi connectivity index (χ2v) is 7.41. The normalized spacial score (nSPS) is 10.8. The molecule has 0 aliphatic heterocycles. The van der Waals surface area contributed by atoms with E-state index >= 15 is 0 Å². The van der Waals surface area contributed by atoms with Crippen molar-refractivity contribution in [2.75, 3.05) is 16.9 Å². The summed E-state index contributed by atoms with van der Waals surface area (Å²) < 4.78 is 23.2. The number of nitro benzene ring substituents is 1. The average Bonchev–Trinajstić information content (AvgIpc) is 2.53. The third kappa shape index (κ3) is 4.63. The van der Waals surface area contributed by atoms with E-state index in [2.05, 4.69) is 10.6 Å². The van der Waals surface area contributed by atoms with Gasteiger partial charge in [-0.3, -0.25) is 19.7 Å². The van der Waals surface area contributed by atoms with Crippen molar-refractivity contribution >= 4 is 38.7 Å². The van der Waals surface area contributed by atoms with Gasteiger partial charge in [0.2, 0.25) is 5.91 Å². The molecule has 0 saturated heterocycles. The van der Waals surface area contributed by atoms with Gasteiger partial charge in [-0.25, -0.2) is 8.42 Å². The van der Waals surface area contributed by atoms with Crippen molar-refractivity contribution in [2.24, 2.45) is 0 Å². The van der Waals surface area contributed by atoms with Crippen molar-refractivity contribution < 1.29 is 22.9 Å². The molecule has 0 spiro atoms. The minimum Gasteiger partial charge on any atom is -0.326 e. The zero-order chi connectivity index (χ0) is 19.5. The van der Waals surface area contributed by atoms with Gasteiger partial charge < -0.3 is 10.6 Å². The third-order valence-corrected chi connectivity index (χ3v) is 4.40. The molecular formula is C16H15N3O6S. The Morgan fingerprint density at radius 1 is 1.04 bits per heavy atom. The van der Waals surface area contributed by atoms with E-state index in [1.807, 2.05) is 0 Å². The Morgan fingerprint density at radius 3 is 2.19 bits per heavy atom. The van der Waals surface area contributed by atoms with Gasteiger partial charge in [-0.05, 0) is 30.3 Å². The van der Waals surface area contributed by atoms with Crippen LogP contribution >= 0.6 is 0 Å². The molecular weight excluding hydrogens is 362 g/mol. The number of carbonyl (C=O) groups excluding carboxylic acids is 2. The highest BCUT2D eigenvalue weighted by Crippen LogP contribution is 2.25. The van der Waals surface area contributed by atoms with Gasteiger partial charge in [-0.15, -0.1) is 0 Å². The molecule has 0 heterocycles. The molecule has 2 amide bonds. The summed E-state index contributed by atoms with van der Waals surface area (Å²) in [4.78, 5) is 33.2. The van der Waals surface area contributed by atoms with E-state index in [0.29, 0.717) is 11.4 Å². The lowest BCUT2D eigenvalue weighted by Gasteiger charge is -2.08. The molecule has 10 heteroatoms. The van der Waals surface area contributed by atoms with Crippen molar-refractivity contribution in [3.8, 4) is 0 Å². The van der Waals surface area contributed by atoms with E-state index in [1.165, 1.54) is 19.1 Å². The summed E-state index contributed by atoms with van der Waals surface area (Å²) in [6.07, 6.45) is 0.850. The second kappa shape index (κ2) is 7.31. The van der Waals surface area contributed by atoms with Gasteiger partial charge in [0.25, 0.3) is 11.6 Å². The average molecular weight is 377 g/mol. The molecule has 26 heavy (non-hydrogen) atoms. The quantitative estimate of drug-likeness (QED) is 0.606. The largest absolute Gasteiger partial charge is 0.326 e. The van der Waals surface area contributed by atoms with Crippen molar-refractivity contribution in [3.05, 3.63) is 58.1 Å². The molecule has 0 atom stereocenters. The second-order valence-electron chi connectivity index (χ2n) is 5.43. The van der Waals surface area contributed by atoms with Crippen LogP contribution in [-0.2, 0) is 14.6 Å². The minimum absolute atomic E-state index is 0.0750. The lowest BCUT2D eigenvalue weighted by atomic mass is 10.2. The van der Waals surface area contributed by atoms with Gasteiger partial charge in [0.15, 0.2) is 9.84 Å². The lowest BCUT2D eigenvalue weighted by molar-refractivity contribution is -0.387. The number of hydrogen-bond donors (Lipinski definition) is 2. The Balaban J connectivity index is 2.32. The first kappa shape index (κ1) is 19.1. The zero-order valence-corrected chi connectivity index (χ0v) is 14.7. The fourth-order valence-electron chi connectivity index (χ4n) is 2.20. The van der Waals surface area contributed by atoms with E-state index in [9.17, 15) is 28.1 Å². The predicted octanol–water partition coefficient (Wildman–Crippen LogP) is 2.21. The van der Waals surface area contributed by atoms with Gasteiger partial charge in [0, 0.05) is 36.2 Å². The van der Waals surface area contributed by atoms with Crippen LogP contribution in [0, 0.1) is 10.1 Å². The molecule has 2 N–H and O–H groups in total. The highest BCUT2D eigenvalue weighted by molar-refractivity contribution is 7.90. The van der Waals surface area contributed by atoms with Crippen molar-refractivity contribution in [2.45, 2.75) is 11.8 Å².